The highest BCUT2D eigenvalue weighted by Crippen LogP contribution is 2.63. The van der Waals surface area contributed by atoms with Crippen molar-refractivity contribution in [1.29, 1.82) is 0 Å². The highest BCUT2D eigenvalue weighted by molar-refractivity contribution is 8.00. The normalized spacial score (nSPS) is 27.7. The molecule has 7 heteroatoms. The van der Waals surface area contributed by atoms with Crippen LogP contribution in [-0.4, -0.2) is 20.7 Å². The Morgan fingerprint density at radius 2 is 2.03 bits per heavy atom. The Balaban J connectivity index is 1.37. The van der Waals surface area contributed by atoms with Gasteiger partial charge in [0.25, 0.3) is 0 Å². The van der Waals surface area contributed by atoms with Crippen molar-refractivity contribution < 1.29 is 4.79 Å². The molecule has 32 heavy (non-hydrogen) atoms. The lowest BCUT2D eigenvalue weighted by molar-refractivity contribution is -0.116. The van der Waals surface area contributed by atoms with Gasteiger partial charge in [0.1, 0.15) is 6.54 Å². The van der Waals surface area contributed by atoms with Gasteiger partial charge in [-0.2, -0.15) is 0 Å². The minimum atomic E-state index is -0.157. The number of hydrogen-bond acceptors (Lipinski definition) is 5. The van der Waals surface area contributed by atoms with E-state index in [0.717, 1.165) is 27.1 Å². The van der Waals surface area contributed by atoms with Crippen molar-refractivity contribution in [2.24, 2.45) is 17.8 Å². The summed E-state index contributed by atoms with van der Waals surface area (Å²) in [7, 11) is 0. The van der Waals surface area contributed by atoms with Crippen molar-refractivity contribution in [2.45, 2.75) is 48.9 Å². The zero-order chi connectivity index (χ0) is 21.8. The van der Waals surface area contributed by atoms with Crippen LogP contribution >= 0.6 is 23.1 Å². The second kappa shape index (κ2) is 7.89. The Kier molecular flexibility index (Phi) is 4.99. The molecule has 2 aliphatic carbocycles. The zero-order valence-electron chi connectivity index (χ0n) is 17.9. The van der Waals surface area contributed by atoms with Gasteiger partial charge in [-0.25, -0.2) is 0 Å². The topological polar surface area (TPSA) is 64.0 Å². The minimum absolute atomic E-state index is 0.0383. The van der Waals surface area contributed by atoms with E-state index >= 15 is 0 Å². The summed E-state index contributed by atoms with van der Waals surface area (Å²) in [5.74, 6) is 2.05. The van der Waals surface area contributed by atoms with Gasteiger partial charge in [-0.15, -0.1) is 11.8 Å². The van der Waals surface area contributed by atoms with Crippen LogP contribution in [0.4, 0.5) is 5.69 Å². The van der Waals surface area contributed by atoms with Gasteiger partial charge in [0.15, 0.2) is 0 Å². The number of aryl methyl sites for hydroxylation is 1. The molecular formula is C25H25N3O2S2. The fourth-order valence-corrected chi connectivity index (χ4v) is 9.22. The maximum Gasteiger partial charge on any atom is 0.308 e. The lowest BCUT2D eigenvalue weighted by Gasteiger charge is -2.40. The molecule has 1 aromatic carbocycles. The Bertz CT molecular complexity index is 1240. The number of nitrogens with zero attached hydrogens (tertiary/aromatic N) is 2. The van der Waals surface area contributed by atoms with Crippen LogP contribution in [0.15, 0.2) is 58.6 Å². The van der Waals surface area contributed by atoms with Crippen molar-refractivity contribution in [2.75, 3.05) is 5.32 Å². The number of thioether (sulfide) groups is 1. The van der Waals surface area contributed by atoms with Gasteiger partial charge in [0.2, 0.25) is 5.91 Å². The van der Waals surface area contributed by atoms with Crippen LogP contribution in [0.5, 0.6) is 0 Å². The molecule has 1 aliphatic heterocycles. The van der Waals surface area contributed by atoms with Crippen LogP contribution in [0, 0.1) is 24.7 Å². The third-order valence-electron chi connectivity index (χ3n) is 7.46. The number of carbonyl (C=O) groups is 1. The van der Waals surface area contributed by atoms with E-state index in [1.165, 1.54) is 36.2 Å². The van der Waals surface area contributed by atoms with E-state index in [2.05, 4.69) is 16.4 Å². The second-order valence-electron chi connectivity index (χ2n) is 9.24. The Morgan fingerprint density at radius 3 is 2.84 bits per heavy atom. The van der Waals surface area contributed by atoms with E-state index < -0.39 is 0 Å². The maximum absolute atomic E-state index is 13.1. The van der Waals surface area contributed by atoms with Crippen molar-refractivity contribution in [3.05, 3.63) is 74.5 Å². The van der Waals surface area contributed by atoms with Crippen LogP contribution in [0.25, 0.3) is 0 Å². The number of benzene rings is 1. The summed E-state index contributed by atoms with van der Waals surface area (Å²) in [6.07, 6.45) is 7.66. The monoisotopic (exact) mass is 463 g/mol. The maximum atomic E-state index is 13.1. The summed E-state index contributed by atoms with van der Waals surface area (Å²) >= 11 is 3.19. The molecule has 0 spiro atoms. The smallest absolute Gasteiger partial charge is 0.308 e. The number of rotatable bonds is 4. The van der Waals surface area contributed by atoms with E-state index in [1.807, 2.05) is 61.4 Å². The van der Waals surface area contributed by atoms with Gasteiger partial charge >= 0.3 is 4.87 Å². The number of pyridine rings is 1. The zero-order valence-corrected chi connectivity index (χ0v) is 19.5. The summed E-state index contributed by atoms with van der Waals surface area (Å²) in [4.78, 5) is 31.5. The van der Waals surface area contributed by atoms with Crippen LogP contribution < -0.4 is 10.2 Å². The quantitative estimate of drug-likeness (QED) is 0.598. The molecule has 3 heterocycles. The first-order valence-electron chi connectivity index (χ1n) is 11.3. The van der Waals surface area contributed by atoms with Crippen molar-refractivity contribution >= 4 is 34.7 Å². The van der Waals surface area contributed by atoms with Crippen molar-refractivity contribution in [3.63, 3.8) is 0 Å². The van der Waals surface area contributed by atoms with Crippen LogP contribution in [-0.2, 0) is 11.3 Å². The number of fused-ring (bicyclic) bond motifs is 6. The number of hydrogen-bond donors (Lipinski definition) is 1. The molecule has 0 unspecified atom stereocenters. The number of thiazole rings is 1. The predicted octanol–water partition coefficient (Wildman–Crippen LogP) is 4.90. The van der Waals surface area contributed by atoms with Crippen LogP contribution in [0.2, 0.25) is 0 Å². The first kappa shape index (κ1) is 20.2. The fourth-order valence-electron chi connectivity index (χ4n) is 6.07. The van der Waals surface area contributed by atoms with Gasteiger partial charge in [-0.1, -0.05) is 35.6 Å². The number of nitrogens with one attached hydrogen (secondary N) is 1. The van der Waals surface area contributed by atoms with E-state index in [1.54, 1.807) is 4.57 Å². The standard InChI is InChI=1S/C25H25N3O2S2/c1-14-5-2-3-7-18(14)27-19(29)13-28-24-23(32-25(28)30)21(17-6-4-10-26-12-17)20-15-8-9-16(11-15)22(20)31-24/h2-7,10,12,15-16,20-22H,8-9,11,13H2,1H3,(H,27,29)/t15-,16-,20-,21-,22+/m0/s1. The van der Waals surface area contributed by atoms with E-state index in [-0.39, 0.29) is 23.2 Å². The second-order valence-corrected chi connectivity index (χ2v) is 11.4. The predicted molar refractivity (Wildman–Crippen MR) is 128 cm³/mol. The van der Waals surface area contributed by atoms with Gasteiger partial charge in [0, 0.05) is 34.1 Å². The summed E-state index contributed by atoms with van der Waals surface area (Å²) < 4.78 is 1.71. The molecule has 2 saturated carbocycles. The molecular weight excluding hydrogens is 438 g/mol. The average molecular weight is 464 g/mol. The molecule has 5 atom stereocenters. The number of carbonyl (C=O) groups excluding carboxylic acids is 1. The number of aromatic nitrogens is 2. The van der Waals surface area contributed by atoms with E-state index in [9.17, 15) is 9.59 Å². The summed E-state index contributed by atoms with van der Waals surface area (Å²) in [6.45, 7) is 2.02. The molecule has 3 aromatic rings. The van der Waals surface area contributed by atoms with Gasteiger partial charge in [-0.05, 0) is 67.2 Å². The van der Waals surface area contributed by atoms with Gasteiger partial charge in [0.05, 0.1) is 5.03 Å². The summed E-state index contributed by atoms with van der Waals surface area (Å²) in [5, 5.41) is 4.51. The molecule has 2 fully saturated rings. The number of anilines is 1. The molecule has 6 rings (SSSR count). The average Bonchev–Trinajstić information content (AvgIpc) is 3.49. The molecule has 5 nitrogen and oxygen atoms in total. The first-order chi connectivity index (χ1) is 15.6. The number of amides is 1. The largest absolute Gasteiger partial charge is 0.324 e. The third-order valence-corrected chi connectivity index (χ3v) is 10.3. The first-order valence-corrected chi connectivity index (χ1v) is 13.0. The summed E-state index contributed by atoms with van der Waals surface area (Å²) in [6, 6.07) is 11.9. The van der Waals surface area contributed by atoms with E-state index in [4.69, 9.17) is 0 Å². The molecule has 1 N–H and O–H groups in total. The Morgan fingerprint density at radius 1 is 1.19 bits per heavy atom. The van der Waals surface area contributed by atoms with Crippen LogP contribution in [0.1, 0.15) is 41.2 Å². The molecule has 0 saturated heterocycles. The Labute approximate surface area is 195 Å². The highest BCUT2D eigenvalue weighted by Gasteiger charge is 2.55. The fraction of sp³-hybridized carbons (Fsp3) is 0.400. The van der Waals surface area contributed by atoms with Gasteiger partial charge < -0.3 is 5.32 Å². The van der Waals surface area contributed by atoms with Crippen molar-refractivity contribution in [1.82, 2.24) is 9.55 Å². The van der Waals surface area contributed by atoms with Gasteiger partial charge in [-0.3, -0.25) is 19.1 Å². The lowest BCUT2D eigenvalue weighted by atomic mass is 9.75. The molecule has 2 bridgehead atoms. The number of para-hydroxylation sites is 1. The molecule has 0 radical (unpaired) electrons. The molecule has 3 aliphatic rings. The minimum Gasteiger partial charge on any atom is -0.324 e. The summed E-state index contributed by atoms with van der Waals surface area (Å²) in [5.41, 5.74) is 3.01. The Hall–Kier alpha value is -2.38. The molecule has 2 aromatic heterocycles. The van der Waals surface area contributed by atoms with Crippen LogP contribution in [0.3, 0.4) is 0 Å². The van der Waals surface area contributed by atoms with Crippen molar-refractivity contribution in [3.8, 4) is 0 Å². The van der Waals surface area contributed by atoms with E-state index in [0.29, 0.717) is 17.1 Å². The molecule has 164 valence electrons. The lowest BCUT2D eigenvalue weighted by Crippen LogP contribution is -2.35. The third kappa shape index (κ3) is 3.25. The highest BCUT2D eigenvalue weighted by atomic mass is 32.2. The molecule has 1 amide bonds. The SMILES string of the molecule is Cc1ccccc1NC(=O)Cn1c2c(sc1=O)[C@@H](c1cccnc1)[C@@H]1[C@H]3CC[C@@H](C3)[C@H]1S2.